The van der Waals surface area contributed by atoms with Crippen LogP contribution >= 0.6 is 0 Å². The molecule has 88 valence electrons. The minimum atomic E-state index is -0.0967. The minimum Gasteiger partial charge on any atom is -0.494 e. The van der Waals surface area contributed by atoms with Gasteiger partial charge in [-0.25, -0.2) is 4.68 Å². The largest absolute Gasteiger partial charge is 0.494 e. The third kappa shape index (κ3) is 2.33. The minimum absolute atomic E-state index is 0.0967. The van der Waals surface area contributed by atoms with Crippen molar-refractivity contribution in [3.63, 3.8) is 0 Å². The van der Waals surface area contributed by atoms with Crippen LogP contribution in [0, 0.1) is 0 Å². The van der Waals surface area contributed by atoms with Crippen LogP contribution in [0.2, 0.25) is 0 Å². The molecule has 0 N–H and O–H groups in total. The van der Waals surface area contributed by atoms with E-state index in [1.807, 2.05) is 6.92 Å². The Labute approximate surface area is 99.0 Å². The van der Waals surface area contributed by atoms with E-state index in [2.05, 4.69) is 10.3 Å². The van der Waals surface area contributed by atoms with Crippen molar-refractivity contribution in [2.75, 3.05) is 6.61 Å². The van der Waals surface area contributed by atoms with Gasteiger partial charge >= 0.3 is 0 Å². The van der Waals surface area contributed by atoms with Crippen molar-refractivity contribution < 1.29 is 9.53 Å². The van der Waals surface area contributed by atoms with Crippen LogP contribution in [0.4, 0.5) is 0 Å². The molecule has 2 aromatic rings. The quantitative estimate of drug-likeness (QED) is 0.747. The standard InChI is InChI=1S/C12H13N3O2/c1-3-17-10-6-4-9(5-7-10)12(16)11-8-13-14-15(11)2/h4-8H,3H2,1-2H3. The third-order valence-electron chi connectivity index (χ3n) is 2.37. The fourth-order valence-corrected chi connectivity index (χ4v) is 1.51. The summed E-state index contributed by atoms with van der Waals surface area (Å²) < 4.78 is 6.77. The number of benzene rings is 1. The molecule has 0 atom stereocenters. The first-order valence-electron chi connectivity index (χ1n) is 5.34. The summed E-state index contributed by atoms with van der Waals surface area (Å²) in [7, 11) is 1.69. The first-order chi connectivity index (χ1) is 8.22. The highest BCUT2D eigenvalue weighted by atomic mass is 16.5. The molecule has 1 aromatic heterocycles. The molecule has 0 aliphatic carbocycles. The molecule has 0 saturated carbocycles. The fraction of sp³-hybridized carbons (Fsp3) is 0.250. The Bertz CT molecular complexity index is 517. The van der Waals surface area contributed by atoms with Crippen molar-refractivity contribution in [1.29, 1.82) is 0 Å². The number of carbonyl (C=O) groups excluding carboxylic acids is 1. The van der Waals surface area contributed by atoms with Crippen LogP contribution in [-0.2, 0) is 7.05 Å². The lowest BCUT2D eigenvalue weighted by atomic mass is 10.1. The van der Waals surface area contributed by atoms with Crippen LogP contribution < -0.4 is 4.74 Å². The van der Waals surface area contributed by atoms with Crippen LogP contribution in [-0.4, -0.2) is 27.4 Å². The molecular formula is C12H13N3O2. The van der Waals surface area contributed by atoms with Crippen LogP contribution in [0.15, 0.2) is 30.5 Å². The maximum absolute atomic E-state index is 12.1. The fourth-order valence-electron chi connectivity index (χ4n) is 1.51. The summed E-state index contributed by atoms with van der Waals surface area (Å²) in [6.07, 6.45) is 1.46. The van der Waals surface area contributed by atoms with Gasteiger partial charge in [0.1, 0.15) is 11.4 Å². The second-order valence-electron chi connectivity index (χ2n) is 3.53. The maximum atomic E-state index is 12.1. The van der Waals surface area contributed by atoms with Crippen molar-refractivity contribution in [3.8, 4) is 5.75 Å². The molecule has 5 nitrogen and oxygen atoms in total. The number of hydrogen-bond donors (Lipinski definition) is 0. The molecule has 0 aliphatic heterocycles. The summed E-state index contributed by atoms with van der Waals surface area (Å²) >= 11 is 0. The number of hydrogen-bond acceptors (Lipinski definition) is 4. The predicted octanol–water partition coefficient (Wildman–Crippen LogP) is 1.44. The van der Waals surface area contributed by atoms with Crippen molar-refractivity contribution in [3.05, 3.63) is 41.7 Å². The van der Waals surface area contributed by atoms with Crippen LogP contribution in [0.1, 0.15) is 23.0 Å². The van der Waals surface area contributed by atoms with E-state index >= 15 is 0 Å². The molecule has 0 fully saturated rings. The topological polar surface area (TPSA) is 57.0 Å². The highest BCUT2D eigenvalue weighted by Gasteiger charge is 2.13. The van der Waals surface area contributed by atoms with Gasteiger partial charge in [-0.2, -0.15) is 0 Å². The van der Waals surface area contributed by atoms with Gasteiger partial charge in [-0.1, -0.05) is 5.21 Å². The number of aromatic nitrogens is 3. The first kappa shape index (κ1) is 11.3. The second-order valence-corrected chi connectivity index (χ2v) is 3.53. The molecule has 1 aromatic carbocycles. The third-order valence-corrected chi connectivity index (χ3v) is 2.37. The molecule has 1 heterocycles. The summed E-state index contributed by atoms with van der Waals surface area (Å²) in [5.74, 6) is 0.660. The Kier molecular flexibility index (Phi) is 3.18. The SMILES string of the molecule is CCOc1ccc(C(=O)c2cnnn2C)cc1. The van der Waals surface area contributed by atoms with E-state index in [1.54, 1.807) is 31.3 Å². The molecular weight excluding hydrogens is 218 g/mol. The normalized spacial score (nSPS) is 10.2. The number of ketones is 1. The lowest BCUT2D eigenvalue weighted by Gasteiger charge is -2.04. The van der Waals surface area contributed by atoms with E-state index in [0.717, 1.165) is 5.75 Å². The van der Waals surface area contributed by atoms with Crippen LogP contribution in [0.25, 0.3) is 0 Å². The van der Waals surface area contributed by atoms with E-state index in [-0.39, 0.29) is 5.78 Å². The lowest BCUT2D eigenvalue weighted by molar-refractivity contribution is 0.103. The van der Waals surface area contributed by atoms with Gasteiger partial charge < -0.3 is 4.74 Å². The van der Waals surface area contributed by atoms with Crippen LogP contribution in [0.5, 0.6) is 5.75 Å². The zero-order chi connectivity index (χ0) is 12.3. The molecule has 0 saturated heterocycles. The Morgan fingerprint density at radius 1 is 1.35 bits per heavy atom. The lowest BCUT2D eigenvalue weighted by Crippen LogP contribution is -2.08. The van der Waals surface area contributed by atoms with Crippen molar-refractivity contribution in [1.82, 2.24) is 15.0 Å². The second kappa shape index (κ2) is 4.78. The number of nitrogens with zero attached hydrogens (tertiary/aromatic N) is 3. The van der Waals surface area contributed by atoms with Crippen molar-refractivity contribution in [2.45, 2.75) is 6.92 Å². The van der Waals surface area contributed by atoms with E-state index < -0.39 is 0 Å². The van der Waals surface area contributed by atoms with Gasteiger partial charge in [0.15, 0.2) is 0 Å². The van der Waals surface area contributed by atoms with Gasteiger partial charge in [0, 0.05) is 12.6 Å². The average Bonchev–Trinajstić information content (AvgIpc) is 2.76. The summed E-state index contributed by atoms with van der Waals surface area (Å²) in [6.45, 7) is 2.53. The van der Waals surface area contributed by atoms with Crippen molar-refractivity contribution >= 4 is 5.78 Å². The molecule has 0 spiro atoms. The van der Waals surface area contributed by atoms with Crippen LogP contribution in [0.3, 0.4) is 0 Å². The number of ether oxygens (including phenoxy) is 1. The highest BCUT2D eigenvalue weighted by Crippen LogP contribution is 2.14. The van der Waals surface area contributed by atoms with Gasteiger partial charge in [0.2, 0.25) is 5.78 Å². The zero-order valence-corrected chi connectivity index (χ0v) is 9.75. The molecule has 5 heteroatoms. The van der Waals surface area contributed by atoms with E-state index in [1.165, 1.54) is 10.9 Å². The molecule has 0 radical (unpaired) electrons. The summed E-state index contributed by atoms with van der Waals surface area (Å²) in [6, 6.07) is 7.03. The number of aryl methyl sites for hydroxylation is 1. The van der Waals surface area contributed by atoms with Gasteiger partial charge in [0.05, 0.1) is 12.8 Å². The number of carbonyl (C=O) groups is 1. The molecule has 17 heavy (non-hydrogen) atoms. The van der Waals surface area contributed by atoms with Gasteiger partial charge in [-0.3, -0.25) is 4.79 Å². The summed E-state index contributed by atoms with van der Waals surface area (Å²) in [5, 5.41) is 7.41. The molecule has 0 bridgehead atoms. The molecule has 0 unspecified atom stereocenters. The van der Waals surface area contributed by atoms with Gasteiger partial charge in [-0.15, -0.1) is 5.10 Å². The first-order valence-corrected chi connectivity index (χ1v) is 5.34. The predicted molar refractivity (Wildman–Crippen MR) is 62.0 cm³/mol. The Balaban J connectivity index is 2.23. The monoisotopic (exact) mass is 231 g/mol. The summed E-state index contributed by atoms with van der Waals surface area (Å²) in [5.41, 5.74) is 1.06. The maximum Gasteiger partial charge on any atom is 0.212 e. The Morgan fingerprint density at radius 2 is 2.06 bits per heavy atom. The number of rotatable bonds is 4. The van der Waals surface area contributed by atoms with E-state index in [4.69, 9.17) is 4.74 Å². The smallest absolute Gasteiger partial charge is 0.212 e. The zero-order valence-electron chi connectivity index (χ0n) is 9.75. The van der Waals surface area contributed by atoms with E-state index in [9.17, 15) is 4.79 Å². The molecule has 0 aliphatic rings. The van der Waals surface area contributed by atoms with Crippen molar-refractivity contribution in [2.24, 2.45) is 7.05 Å². The Morgan fingerprint density at radius 3 is 2.59 bits per heavy atom. The van der Waals surface area contributed by atoms with E-state index in [0.29, 0.717) is 17.9 Å². The Hall–Kier alpha value is -2.17. The van der Waals surface area contributed by atoms with Gasteiger partial charge in [-0.05, 0) is 31.2 Å². The van der Waals surface area contributed by atoms with Gasteiger partial charge in [0.25, 0.3) is 0 Å². The highest BCUT2D eigenvalue weighted by molar-refractivity contribution is 6.07. The molecule has 0 amide bonds. The summed E-state index contributed by atoms with van der Waals surface area (Å²) in [4.78, 5) is 12.1. The average molecular weight is 231 g/mol. The molecule has 2 rings (SSSR count).